The fourth-order valence-corrected chi connectivity index (χ4v) is 2.18. The Hall–Kier alpha value is -1.91. The highest BCUT2D eigenvalue weighted by Gasteiger charge is 2.25. The highest BCUT2D eigenvalue weighted by Crippen LogP contribution is 2.18. The minimum Gasteiger partial charge on any atom is -0.390 e. The van der Waals surface area contributed by atoms with Crippen LogP contribution in [0.5, 0.6) is 0 Å². The molecule has 5 heteroatoms. The number of hydrogen-bond acceptors (Lipinski definition) is 3. The third-order valence-corrected chi connectivity index (χ3v) is 3.26. The minimum absolute atomic E-state index is 0.0288. The van der Waals surface area contributed by atoms with Gasteiger partial charge in [0, 0.05) is 19.4 Å². The maximum atomic E-state index is 12.9. The van der Waals surface area contributed by atoms with Gasteiger partial charge in [0.15, 0.2) is 6.10 Å². The first kappa shape index (κ1) is 14.5. The normalized spacial score (nSPS) is 17.9. The van der Waals surface area contributed by atoms with Gasteiger partial charge in [-0.3, -0.25) is 4.79 Å². The van der Waals surface area contributed by atoms with Crippen LogP contribution in [0, 0.1) is 11.7 Å². The van der Waals surface area contributed by atoms with Gasteiger partial charge < -0.3 is 9.74 Å². The Kier molecular flexibility index (Phi) is 4.37. The number of amides is 1. The van der Waals surface area contributed by atoms with E-state index in [2.05, 4.69) is 5.16 Å². The lowest BCUT2D eigenvalue weighted by atomic mass is 10.0. The van der Waals surface area contributed by atoms with Crippen LogP contribution in [0.1, 0.15) is 25.8 Å². The van der Waals surface area contributed by atoms with E-state index >= 15 is 0 Å². The lowest BCUT2D eigenvalue weighted by Crippen LogP contribution is -2.36. The molecule has 0 unspecified atom stereocenters. The average molecular weight is 278 g/mol. The molecule has 0 N–H and O–H groups in total. The Morgan fingerprint density at radius 2 is 2.10 bits per heavy atom. The fourth-order valence-electron chi connectivity index (χ4n) is 2.18. The number of nitrogens with zero attached hydrogens (tertiary/aromatic N) is 2. The summed E-state index contributed by atoms with van der Waals surface area (Å²) in [6, 6.07) is 6.17. The van der Waals surface area contributed by atoms with Crippen LogP contribution in [0.4, 0.5) is 4.39 Å². The SMILES string of the molecule is CC(C)C(=O)N(C)C[C@H]1CC(c2ccc(F)cc2)=NO1. The predicted octanol–water partition coefficient (Wildman–Crippen LogP) is 2.43. The number of carbonyl (C=O) groups is 1. The van der Waals surface area contributed by atoms with Crippen molar-refractivity contribution in [2.75, 3.05) is 13.6 Å². The third kappa shape index (κ3) is 3.35. The number of likely N-dealkylation sites (N-methyl/N-ethyl adjacent to an activating group) is 1. The zero-order chi connectivity index (χ0) is 14.7. The molecule has 0 saturated heterocycles. The van der Waals surface area contributed by atoms with Crippen LogP contribution >= 0.6 is 0 Å². The largest absolute Gasteiger partial charge is 0.390 e. The molecule has 1 aliphatic heterocycles. The second kappa shape index (κ2) is 6.03. The Morgan fingerprint density at radius 3 is 2.70 bits per heavy atom. The van der Waals surface area contributed by atoms with Crippen molar-refractivity contribution in [2.45, 2.75) is 26.4 Å². The fraction of sp³-hybridized carbons (Fsp3) is 0.467. The molecule has 1 aromatic rings. The van der Waals surface area contributed by atoms with Crippen molar-refractivity contribution in [3.05, 3.63) is 35.6 Å². The van der Waals surface area contributed by atoms with Crippen molar-refractivity contribution in [3.63, 3.8) is 0 Å². The van der Waals surface area contributed by atoms with Gasteiger partial charge >= 0.3 is 0 Å². The van der Waals surface area contributed by atoms with E-state index in [1.807, 2.05) is 13.8 Å². The van der Waals surface area contributed by atoms with Crippen LogP contribution in [-0.4, -0.2) is 36.2 Å². The highest BCUT2D eigenvalue weighted by molar-refractivity contribution is 6.01. The smallest absolute Gasteiger partial charge is 0.224 e. The summed E-state index contributed by atoms with van der Waals surface area (Å²) in [7, 11) is 1.77. The summed E-state index contributed by atoms with van der Waals surface area (Å²) in [5, 5.41) is 4.03. The molecule has 1 heterocycles. The molecular weight excluding hydrogens is 259 g/mol. The molecule has 0 saturated carbocycles. The summed E-state index contributed by atoms with van der Waals surface area (Å²) in [6.07, 6.45) is 0.490. The second-order valence-electron chi connectivity index (χ2n) is 5.35. The first-order valence-corrected chi connectivity index (χ1v) is 6.71. The number of oxime groups is 1. The van der Waals surface area contributed by atoms with Crippen molar-refractivity contribution in [2.24, 2.45) is 11.1 Å². The highest BCUT2D eigenvalue weighted by atomic mass is 19.1. The van der Waals surface area contributed by atoms with E-state index < -0.39 is 0 Å². The van der Waals surface area contributed by atoms with Crippen LogP contribution in [0.2, 0.25) is 0 Å². The first-order valence-electron chi connectivity index (χ1n) is 6.71. The van der Waals surface area contributed by atoms with E-state index in [0.717, 1.165) is 11.3 Å². The molecule has 1 aliphatic rings. The summed E-state index contributed by atoms with van der Waals surface area (Å²) in [5.74, 6) is -0.213. The van der Waals surface area contributed by atoms with E-state index in [1.54, 1.807) is 24.1 Å². The Labute approximate surface area is 118 Å². The molecule has 1 aromatic carbocycles. The Morgan fingerprint density at radius 1 is 1.45 bits per heavy atom. The first-order chi connectivity index (χ1) is 9.47. The summed E-state index contributed by atoms with van der Waals surface area (Å²) in [5.41, 5.74) is 1.65. The third-order valence-electron chi connectivity index (χ3n) is 3.26. The van der Waals surface area contributed by atoms with Gasteiger partial charge in [-0.2, -0.15) is 0 Å². The van der Waals surface area contributed by atoms with Gasteiger partial charge in [0.1, 0.15) is 5.82 Å². The van der Waals surface area contributed by atoms with Crippen molar-refractivity contribution < 1.29 is 14.0 Å². The Balaban J connectivity index is 1.91. The lowest BCUT2D eigenvalue weighted by molar-refractivity contribution is -0.134. The number of hydrogen-bond donors (Lipinski definition) is 0. The molecule has 0 fully saturated rings. The van der Waals surface area contributed by atoms with Crippen molar-refractivity contribution >= 4 is 11.6 Å². The monoisotopic (exact) mass is 278 g/mol. The molecular formula is C15H19FN2O2. The van der Waals surface area contributed by atoms with Gasteiger partial charge in [0.05, 0.1) is 12.3 Å². The topological polar surface area (TPSA) is 41.9 Å². The van der Waals surface area contributed by atoms with Crippen LogP contribution < -0.4 is 0 Å². The lowest BCUT2D eigenvalue weighted by Gasteiger charge is -2.21. The number of rotatable bonds is 4. The molecule has 2 rings (SSSR count). The van der Waals surface area contributed by atoms with E-state index in [9.17, 15) is 9.18 Å². The van der Waals surface area contributed by atoms with E-state index in [0.29, 0.717) is 13.0 Å². The Bertz CT molecular complexity index is 511. The van der Waals surface area contributed by atoms with Crippen LogP contribution in [0.3, 0.4) is 0 Å². The minimum atomic E-state index is -0.271. The molecule has 20 heavy (non-hydrogen) atoms. The van der Waals surface area contributed by atoms with Crippen LogP contribution in [0.25, 0.3) is 0 Å². The van der Waals surface area contributed by atoms with E-state index in [1.165, 1.54) is 12.1 Å². The van der Waals surface area contributed by atoms with Gasteiger partial charge in [-0.1, -0.05) is 31.1 Å². The molecule has 4 nitrogen and oxygen atoms in total. The summed E-state index contributed by atoms with van der Waals surface area (Å²) in [4.78, 5) is 18.8. The standard InChI is InChI=1S/C15H19FN2O2/c1-10(2)15(19)18(3)9-13-8-14(17-20-13)11-4-6-12(16)7-5-11/h4-7,10,13H,8-9H2,1-3H3/t13-/m1/s1. The van der Waals surface area contributed by atoms with Crippen LogP contribution in [-0.2, 0) is 9.63 Å². The molecule has 1 amide bonds. The van der Waals surface area contributed by atoms with Gasteiger partial charge in [-0.15, -0.1) is 0 Å². The number of carbonyl (C=O) groups excluding carboxylic acids is 1. The molecule has 1 atom stereocenters. The van der Waals surface area contributed by atoms with E-state index in [-0.39, 0.29) is 23.7 Å². The molecule has 108 valence electrons. The number of halogens is 1. The quantitative estimate of drug-likeness (QED) is 0.849. The maximum absolute atomic E-state index is 12.9. The molecule has 0 aliphatic carbocycles. The average Bonchev–Trinajstić information content (AvgIpc) is 2.87. The zero-order valence-electron chi connectivity index (χ0n) is 12.0. The van der Waals surface area contributed by atoms with Gasteiger partial charge in [-0.25, -0.2) is 4.39 Å². The van der Waals surface area contributed by atoms with Gasteiger partial charge in [0.25, 0.3) is 0 Å². The van der Waals surface area contributed by atoms with Crippen molar-refractivity contribution in [1.29, 1.82) is 0 Å². The summed E-state index contributed by atoms with van der Waals surface area (Å²) in [6.45, 7) is 4.24. The van der Waals surface area contributed by atoms with Crippen molar-refractivity contribution in [3.8, 4) is 0 Å². The molecule has 0 spiro atoms. The molecule has 0 radical (unpaired) electrons. The summed E-state index contributed by atoms with van der Waals surface area (Å²) < 4.78 is 12.9. The number of benzene rings is 1. The molecule has 0 bridgehead atoms. The van der Waals surface area contributed by atoms with Gasteiger partial charge in [-0.05, 0) is 17.7 Å². The van der Waals surface area contributed by atoms with Gasteiger partial charge in [0.2, 0.25) is 5.91 Å². The second-order valence-corrected chi connectivity index (χ2v) is 5.35. The van der Waals surface area contributed by atoms with Crippen LogP contribution in [0.15, 0.2) is 29.4 Å². The van der Waals surface area contributed by atoms with E-state index in [4.69, 9.17) is 4.84 Å². The zero-order valence-corrected chi connectivity index (χ0v) is 12.0. The summed E-state index contributed by atoms with van der Waals surface area (Å²) >= 11 is 0. The predicted molar refractivity (Wildman–Crippen MR) is 74.9 cm³/mol. The van der Waals surface area contributed by atoms with Crippen molar-refractivity contribution in [1.82, 2.24) is 4.90 Å². The maximum Gasteiger partial charge on any atom is 0.224 e. The molecule has 0 aromatic heterocycles.